The third-order valence-corrected chi connectivity index (χ3v) is 17.7. The molecule has 16 bridgehead atoms. The molecule has 0 atom stereocenters. The van der Waals surface area contributed by atoms with E-state index in [1.54, 1.807) is 0 Å². The summed E-state index contributed by atoms with van der Waals surface area (Å²) in [5, 5.41) is 0. The molecule has 11 heteroatoms. The van der Waals surface area contributed by atoms with E-state index in [1.165, 1.54) is 0 Å². The van der Waals surface area contributed by atoms with Crippen molar-refractivity contribution >= 4 is 92.7 Å². The zero-order chi connectivity index (χ0) is 63.7. The third-order valence-electron chi connectivity index (χ3n) is 17.7. The predicted molar refractivity (Wildman–Crippen MR) is 401 cm³/mol. The minimum Gasteiger partial charge on any atom is -0.657 e. The molecule has 6 aromatic heterocycles. The second-order valence-corrected chi connectivity index (χ2v) is 23.7. The van der Waals surface area contributed by atoms with Crippen molar-refractivity contribution < 1.29 is 39.6 Å². The number of hydrogen-bond acceptors (Lipinski definition) is 4. The van der Waals surface area contributed by atoms with E-state index in [2.05, 4.69) is 291 Å². The van der Waals surface area contributed by atoms with Crippen LogP contribution in [-0.2, 0) is 34.1 Å². The summed E-state index contributed by atoms with van der Waals surface area (Å²) in [6, 6.07) is 100. The van der Waals surface area contributed by atoms with Crippen LogP contribution < -0.4 is 19.9 Å². The van der Waals surface area contributed by atoms with Crippen LogP contribution in [0.25, 0.3) is 182 Å². The third kappa shape index (κ3) is 12.5. The van der Waals surface area contributed by atoms with Crippen LogP contribution in [0, 0.1) is 0 Å². The first-order chi connectivity index (χ1) is 47.6. The average Bonchev–Trinajstić information content (AvgIpc) is 1.63. The van der Waals surface area contributed by atoms with Crippen LogP contribution in [-0.4, -0.2) is 25.4 Å². The number of aromatic nitrogens is 8. The summed E-state index contributed by atoms with van der Waals surface area (Å²) in [6.07, 6.45) is 16.8. The first kappa shape index (κ1) is 64.3. The first-order valence-electron chi connectivity index (χ1n) is 32.1. The van der Waals surface area contributed by atoms with Crippen molar-refractivity contribution in [2.24, 2.45) is 0 Å². The molecule has 470 valence electrons. The van der Waals surface area contributed by atoms with E-state index in [1.807, 2.05) is 48.5 Å². The molecular formula is C88H58Mn2N8O. The number of fused-ring (bicyclic) bond motifs is 16. The van der Waals surface area contributed by atoms with E-state index in [4.69, 9.17) is 39.9 Å². The molecule has 0 fully saturated rings. The zero-order valence-electron chi connectivity index (χ0n) is 53.2. The van der Waals surface area contributed by atoms with Gasteiger partial charge in [-0.25, -0.2) is 19.9 Å². The van der Waals surface area contributed by atoms with Gasteiger partial charge in [0, 0.05) is 0 Å². The van der Waals surface area contributed by atoms with Crippen molar-refractivity contribution in [3.8, 4) is 89.0 Å². The zero-order valence-corrected chi connectivity index (χ0v) is 55.5. The number of hydrogen-bond donors (Lipinski definition) is 0. The van der Waals surface area contributed by atoms with Crippen molar-refractivity contribution in [3.63, 3.8) is 0 Å². The monoisotopic (exact) mass is 1350 g/mol. The molecule has 0 unspecified atom stereocenters. The van der Waals surface area contributed by atoms with Crippen molar-refractivity contribution in [2.45, 2.75) is 0 Å². The molecule has 4 aliphatic rings. The van der Waals surface area contributed by atoms with E-state index in [0.29, 0.717) is 0 Å². The van der Waals surface area contributed by atoms with Gasteiger partial charge in [0.05, 0.1) is 45.6 Å². The Bertz CT molecular complexity index is 4730. The number of benzene rings is 8. The van der Waals surface area contributed by atoms with Gasteiger partial charge < -0.3 is 25.4 Å². The Balaban J connectivity index is 0.000000164. The van der Waals surface area contributed by atoms with Crippen molar-refractivity contribution in [2.75, 3.05) is 0 Å². The van der Waals surface area contributed by atoms with Crippen LogP contribution in [0.4, 0.5) is 0 Å². The van der Waals surface area contributed by atoms with Gasteiger partial charge in [-0.3, -0.25) is 0 Å². The second-order valence-electron chi connectivity index (χ2n) is 23.7. The molecule has 0 saturated heterocycles. The quantitative estimate of drug-likeness (QED) is 0.137. The van der Waals surface area contributed by atoms with Gasteiger partial charge in [0.25, 0.3) is 0 Å². The van der Waals surface area contributed by atoms with Crippen LogP contribution in [0.5, 0.6) is 0 Å². The van der Waals surface area contributed by atoms with Gasteiger partial charge in [0.15, 0.2) is 0 Å². The number of rotatable bonds is 8. The molecule has 10 heterocycles. The molecule has 0 spiro atoms. The van der Waals surface area contributed by atoms with Crippen LogP contribution in [0.1, 0.15) is 45.6 Å². The largest absolute Gasteiger partial charge is 2.00 e. The van der Waals surface area contributed by atoms with E-state index < -0.39 is 0 Å². The van der Waals surface area contributed by atoms with Gasteiger partial charge >= 0.3 is 34.1 Å². The summed E-state index contributed by atoms with van der Waals surface area (Å²) in [4.78, 5) is 42.5. The van der Waals surface area contributed by atoms with Gasteiger partial charge in [-0.1, -0.05) is 291 Å². The maximum Gasteiger partial charge on any atom is 2.00 e. The SMILES string of the molecule is C1=Cc2nc1c(-c1ccccc1)c1ccc([n-]1)c(-c1ccccc1)c1nc(c(-c3ccccc3)c3ccc([n-]3)c2-c2ccccc2)C=C1.C1=Cc2nc1c(-c1ccccc1)c1ccc([n-]1)c(-c1ccccc1)c1nc(c(-c3ccccc3)c3ccc([n-]3)c2-c2ccccc2)C=C1.O.[Mn+2].[Mn+2]. The van der Waals surface area contributed by atoms with Crippen LogP contribution in [0.2, 0.25) is 0 Å². The molecular weight excluding hydrogens is 1290 g/mol. The molecule has 99 heavy (non-hydrogen) atoms. The van der Waals surface area contributed by atoms with Crippen molar-refractivity contribution in [3.05, 3.63) is 337 Å². The molecule has 14 aromatic rings. The van der Waals surface area contributed by atoms with E-state index in [0.717, 1.165) is 179 Å². The van der Waals surface area contributed by atoms with Gasteiger partial charge in [0.1, 0.15) is 0 Å². The van der Waals surface area contributed by atoms with Gasteiger partial charge in [-0.05, 0) is 138 Å². The molecule has 9 nitrogen and oxygen atoms in total. The van der Waals surface area contributed by atoms with E-state index in [-0.39, 0.29) is 39.6 Å². The smallest absolute Gasteiger partial charge is 0.657 e. The Morgan fingerprint density at radius 2 is 0.263 bits per heavy atom. The summed E-state index contributed by atoms with van der Waals surface area (Å²) in [5.41, 5.74) is 30.0. The van der Waals surface area contributed by atoms with Crippen molar-refractivity contribution in [1.82, 2.24) is 39.9 Å². The fourth-order valence-corrected chi connectivity index (χ4v) is 13.4. The van der Waals surface area contributed by atoms with Gasteiger partial charge in [-0.15, -0.1) is 44.1 Å². The summed E-state index contributed by atoms with van der Waals surface area (Å²) < 4.78 is 0. The fourth-order valence-electron chi connectivity index (χ4n) is 13.4. The second kappa shape index (κ2) is 28.3. The molecule has 8 aromatic carbocycles. The molecule has 18 rings (SSSR count). The van der Waals surface area contributed by atoms with Gasteiger partial charge in [-0.2, -0.15) is 0 Å². The Hall–Kier alpha value is -12.0. The first-order valence-corrected chi connectivity index (χ1v) is 32.1. The molecule has 2 N–H and O–H groups in total. The Morgan fingerprint density at radius 3 is 0.374 bits per heavy atom. The Labute approximate surface area is 593 Å². The molecule has 0 aliphatic carbocycles. The van der Waals surface area contributed by atoms with Gasteiger partial charge in [0.2, 0.25) is 0 Å². The van der Waals surface area contributed by atoms with Crippen LogP contribution in [0.3, 0.4) is 0 Å². The summed E-state index contributed by atoms with van der Waals surface area (Å²) in [7, 11) is 0. The Kier molecular flexibility index (Phi) is 18.4. The summed E-state index contributed by atoms with van der Waals surface area (Å²) in [5.74, 6) is 0. The minimum absolute atomic E-state index is 0. The molecule has 0 saturated carbocycles. The normalized spacial score (nSPS) is 11.6. The summed E-state index contributed by atoms with van der Waals surface area (Å²) in [6.45, 7) is 0. The molecule has 2 radical (unpaired) electrons. The maximum absolute atomic E-state index is 5.31. The van der Waals surface area contributed by atoms with Crippen LogP contribution in [0.15, 0.2) is 291 Å². The molecule has 4 aliphatic heterocycles. The number of nitrogens with zero attached hydrogens (tertiary/aromatic N) is 8. The van der Waals surface area contributed by atoms with Crippen LogP contribution >= 0.6 is 0 Å². The standard InChI is InChI=1S/2C44H28N4.2Mn.H2O/c2*1-5-13-29(14-6-1)41-33-21-23-35(45-33)42(30-15-7-2-8-16-30)37-25-27-39(47-37)44(32-19-11-4-12-20-32)40-28-26-38(48-40)43(31-17-9-3-10-18-31)36-24-22-34(41)46-36;;;/h2*1-28H;;;1H2/q2*-2;2*+2;. The fraction of sp³-hybridized carbons (Fsp3) is 0. The average molecular weight is 1350 g/mol. The van der Waals surface area contributed by atoms with E-state index >= 15 is 0 Å². The summed E-state index contributed by atoms with van der Waals surface area (Å²) >= 11 is 0. The Morgan fingerprint density at radius 1 is 0.152 bits per heavy atom. The maximum atomic E-state index is 5.31. The van der Waals surface area contributed by atoms with Crippen molar-refractivity contribution in [1.29, 1.82) is 0 Å². The molecule has 0 amide bonds. The topological polar surface area (TPSA) is 139 Å². The van der Waals surface area contributed by atoms with E-state index in [9.17, 15) is 0 Å². The predicted octanol–water partition coefficient (Wildman–Crippen LogP) is 20.3. The minimum atomic E-state index is 0.